The van der Waals surface area contributed by atoms with Crippen molar-refractivity contribution in [1.29, 1.82) is 0 Å². The predicted octanol–water partition coefficient (Wildman–Crippen LogP) is 1.79. The number of alkyl halides is 3. The maximum Gasteiger partial charge on any atom is 0.414 e. The monoisotopic (exact) mass is 237 g/mol. The van der Waals surface area contributed by atoms with Crippen molar-refractivity contribution in [3.8, 4) is 0 Å². The van der Waals surface area contributed by atoms with Gasteiger partial charge < -0.3 is 10.1 Å². The van der Waals surface area contributed by atoms with Crippen molar-refractivity contribution in [2.75, 3.05) is 6.54 Å². The van der Waals surface area contributed by atoms with Gasteiger partial charge in [0.15, 0.2) is 6.10 Å². The van der Waals surface area contributed by atoms with Crippen LogP contribution in [0.1, 0.15) is 19.3 Å². The number of nitrogens with one attached hydrogen (secondary N) is 1. The average Bonchev–Trinajstić information content (AvgIpc) is 2.65. The Kier molecular flexibility index (Phi) is 4.35. The fourth-order valence-electron chi connectivity index (χ4n) is 1.59. The van der Waals surface area contributed by atoms with Crippen molar-refractivity contribution in [3.05, 3.63) is 12.7 Å². The van der Waals surface area contributed by atoms with Gasteiger partial charge in [-0.15, -0.1) is 0 Å². The Hall–Kier alpha value is -1.04. The molecule has 0 bridgehead atoms. The normalized spacial score (nSPS) is 25.4. The summed E-state index contributed by atoms with van der Waals surface area (Å²) in [7, 11) is 0. The molecule has 0 aromatic carbocycles. The fourth-order valence-corrected chi connectivity index (χ4v) is 1.59. The summed E-state index contributed by atoms with van der Waals surface area (Å²) in [4.78, 5) is 10.8. The molecule has 1 fully saturated rings. The van der Waals surface area contributed by atoms with E-state index >= 15 is 0 Å². The van der Waals surface area contributed by atoms with Crippen LogP contribution in [0.3, 0.4) is 0 Å². The van der Waals surface area contributed by atoms with E-state index in [0.29, 0.717) is 19.4 Å². The summed E-state index contributed by atoms with van der Waals surface area (Å²) in [6.45, 7) is 3.57. The number of carbonyl (C=O) groups excluding carboxylic acids is 1. The number of hydrogen-bond donors (Lipinski definition) is 1. The van der Waals surface area contributed by atoms with Crippen molar-refractivity contribution in [2.24, 2.45) is 0 Å². The Morgan fingerprint density at radius 3 is 2.69 bits per heavy atom. The van der Waals surface area contributed by atoms with Gasteiger partial charge in [0.05, 0.1) is 6.10 Å². The zero-order chi connectivity index (χ0) is 12.2. The molecule has 0 aromatic heterocycles. The molecule has 1 saturated heterocycles. The highest BCUT2D eigenvalue weighted by Crippen LogP contribution is 2.33. The number of carbonyl (C=O) groups is 1. The number of ether oxygens (including phenoxy) is 1. The standard InChI is InChI=1S/C10H14F3NO2/c1-2-9(15)14-6-5-7-3-4-8(16-7)10(11,12)13/h2,7-8H,1,3-6H2,(H,14,15). The lowest BCUT2D eigenvalue weighted by atomic mass is 10.1. The number of hydrogen-bond acceptors (Lipinski definition) is 2. The van der Waals surface area contributed by atoms with Crippen molar-refractivity contribution in [3.63, 3.8) is 0 Å². The highest BCUT2D eigenvalue weighted by atomic mass is 19.4. The first-order valence-electron chi connectivity index (χ1n) is 5.06. The Balaban J connectivity index is 2.22. The average molecular weight is 237 g/mol. The van der Waals surface area contributed by atoms with Crippen LogP contribution >= 0.6 is 0 Å². The lowest BCUT2D eigenvalue weighted by Gasteiger charge is -2.16. The first-order chi connectivity index (χ1) is 7.43. The van der Waals surface area contributed by atoms with Gasteiger partial charge in [-0.3, -0.25) is 4.79 Å². The molecule has 1 N–H and O–H groups in total. The van der Waals surface area contributed by atoms with Gasteiger partial charge in [-0.2, -0.15) is 13.2 Å². The van der Waals surface area contributed by atoms with Crippen LogP contribution in [0.4, 0.5) is 13.2 Å². The van der Waals surface area contributed by atoms with Crippen LogP contribution < -0.4 is 5.32 Å². The van der Waals surface area contributed by atoms with Crippen LogP contribution in [0, 0.1) is 0 Å². The van der Waals surface area contributed by atoms with Crippen molar-refractivity contribution < 1.29 is 22.7 Å². The highest BCUT2D eigenvalue weighted by molar-refractivity contribution is 5.86. The first-order valence-corrected chi connectivity index (χ1v) is 5.06. The zero-order valence-electron chi connectivity index (χ0n) is 8.72. The molecule has 16 heavy (non-hydrogen) atoms. The van der Waals surface area contributed by atoms with E-state index in [2.05, 4.69) is 11.9 Å². The summed E-state index contributed by atoms with van der Waals surface area (Å²) in [6, 6.07) is 0. The zero-order valence-corrected chi connectivity index (χ0v) is 8.72. The van der Waals surface area contributed by atoms with Crippen molar-refractivity contribution in [1.82, 2.24) is 5.32 Å². The molecule has 0 spiro atoms. The lowest BCUT2D eigenvalue weighted by Crippen LogP contribution is -2.30. The minimum atomic E-state index is -4.28. The quantitative estimate of drug-likeness (QED) is 0.757. The molecule has 0 saturated carbocycles. The van der Waals surface area contributed by atoms with E-state index in [1.54, 1.807) is 0 Å². The third kappa shape index (κ3) is 3.84. The molecular weight excluding hydrogens is 223 g/mol. The van der Waals surface area contributed by atoms with Gasteiger partial charge in [0, 0.05) is 6.54 Å². The highest BCUT2D eigenvalue weighted by Gasteiger charge is 2.45. The summed E-state index contributed by atoms with van der Waals surface area (Å²) in [5, 5.41) is 2.49. The number of halogens is 3. The number of rotatable bonds is 4. The molecule has 92 valence electrons. The van der Waals surface area contributed by atoms with Crippen LogP contribution in [-0.2, 0) is 9.53 Å². The molecule has 1 rings (SSSR count). The van der Waals surface area contributed by atoms with Gasteiger partial charge in [-0.1, -0.05) is 6.58 Å². The first kappa shape index (κ1) is 13.0. The second-order valence-corrected chi connectivity index (χ2v) is 3.65. The lowest BCUT2D eigenvalue weighted by molar-refractivity contribution is -0.215. The second-order valence-electron chi connectivity index (χ2n) is 3.65. The predicted molar refractivity (Wildman–Crippen MR) is 51.8 cm³/mol. The van der Waals surface area contributed by atoms with E-state index in [1.165, 1.54) is 0 Å². The Bertz CT molecular complexity index is 265. The van der Waals surface area contributed by atoms with E-state index < -0.39 is 18.4 Å². The van der Waals surface area contributed by atoms with Gasteiger partial charge >= 0.3 is 6.18 Å². The fraction of sp³-hybridized carbons (Fsp3) is 0.700. The van der Waals surface area contributed by atoms with Crippen molar-refractivity contribution >= 4 is 5.91 Å². The molecular formula is C10H14F3NO2. The minimum Gasteiger partial charge on any atom is -0.365 e. The summed E-state index contributed by atoms with van der Waals surface area (Å²) in [5.41, 5.74) is 0. The Labute approximate surface area is 91.6 Å². The maximum atomic E-state index is 12.2. The van der Waals surface area contributed by atoms with Crippen LogP contribution in [0.2, 0.25) is 0 Å². The topological polar surface area (TPSA) is 38.3 Å². The minimum absolute atomic E-state index is 0.00354. The molecule has 1 aliphatic rings. The van der Waals surface area contributed by atoms with Crippen LogP contribution in [0.15, 0.2) is 12.7 Å². The molecule has 2 unspecified atom stereocenters. The molecule has 6 heteroatoms. The molecule has 1 aliphatic heterocycles. The van der Waals surface area contributed by atoms with Crippen molar-refractivity contribution in [2.45, 2.75) is 37.6 Å². The Morgan fingerprint density at radius 1 is 1.50 bits per heavy atom. The van der Waals surface area contributed by atoms with Gasteiger partial charge in [-0.05, 0) is 25.3 Å². The largest absolute Gasteiger partial charge is 0.414 e. The van der Waals surface area contributed by atoms with Gasteiger partial charge in [0.25, 0.3) is 0 Å². The van der Waals surface area contributed by atoms with Gasteiger partial charge in [0.2, 0.25) is 5.91 Å². The molecule has 3 nitrogen and oxygen atoms in total. The molecule has 1 amide bonds. The Morgan fingerprint density at radius 2 is 2.19 bits per heavy atom. The second kappa shape index (κ2) is 5.34. The smallest absolute Gasteiger partial charge is 0.365 e. The number of amides is 1. The van der Waals surface area contributed by atoms with E-state index in [9.17, 15) is 18.0 Å². The molecule has 0 aromatic rings. The summed E-state index contributed by atoms with van der Waals surface area (Å²) < 4.78 is 41.5. The molecule has 0 aliphatic carbocycles. The van der Waals surface area contributed by atoms with E-state index in [0.717, 1.165) is 6.08 Å². The summed E-state index contributed by atoms with van der Waals surface area (Å²) >= 11 is 0. The van der Waals surface area contributed by atoms with Crippen LogP contribution in [0.5, 0.6) is 0 Å². The molecule has 1 heterocycles. The van der Waals surface area contributed by atoms with E-state index in [4.69, 9.17) is 4.74 Å². The third-order valence-electron chi connectivity index (χ3n) is 2.42. The summed E-state index contributed by atoms with van der Waals surface area (Å²) in [5.74, 6) is -0.328. The van der Waals surface area contributed by atoms with E-state index in [-0.39, 0.29) is 12.3 Å². The van der Waals surface area contributed by atoms with Gasteiger partial charge in [-0.25, -0.2) is 0 Å². The molecule has 0 radical (unpaired) electrons. The van der Waals surface area contributed by atoms with Crippen LogP contribution in [-0.4, -0.2) is 30.8 Å². The van der Waals surface area contributed by atoms with E-state index in [1.807, 2.05) is 0 Å². The maximum absolute atomic E-state index is 12.2. The summed E-state index contributed by atoms with van der Waals surface area (Å²) in [6.07, 6.45) is -4.44. The van der Waals surface area contributed by atoms with Crippen LogP contribution in [0.25, 0.3) is 0 Å². The van der Waals surface area contributed by atoms with Gasteiger partial charge in [0.1, 0.15) is 0 Å². The molecule has 2 atom stereocenters. The third-order valence-corrected chi connectivity index (χ3v) is 2.42. The SMILES string of the molecule is C=CC(=O)NCCC1CCC(C(F)(F)F)O1.